The molecule has 0 radical (unpaired) electrons. The van der Waals surface area contributed by atoms with Gasteiger partial charge in [-0.2, -0.15) is 0 Å². The van der Waals surface area contributed by atoms with Crippen molar-refractivity contribution in [2.75, 3.05) is 0 Å². The predicted octanol–water partition coefficient (Wildman–Crippen LogP) is 2.01. The lowest BCUT2D eigenvalue weighted by Gasteiger charge is -2.40. The van der Waals surface area contributed by atoms with Crippen molar-refractivity contribution < 1.29 is 19.4 Å². The van der Waals surface area contributed by atoms with E-state index in [1.54, 1.807) is 0 Å². The Morgan fingerprint density at radius 1 is 1.22 bits per heavy atom. The molecule has 0 heterocycles. The molecule has 5 nitrogen and oxygen atoms in total. The van der Waals surface area contributed by atoms with Gasteiger partial charge in [0.25, 0.3) is 0 Å². The summed E-state index contributed by atoms with van der Waals surface area (Å²) in [7, 11) is 0. The number of carbonyl (C=O) groups is 2. The molecule has 1 amide bonds. The average molecular weight is 255 g/mol. The molecular weight excluding hydrogens is 234 g/mol. The molecule has 2 aliphatic carbocycles. The second-order valence-corrected chi connectivity index (χ2v) is 6.42. The smallest absolute Gasteiger partial charge is 0.407 e. The van der Waals surface area contributed by atoms with Crippen molar-refractivity contribution in [3.8, 4) is 0 Å². The van der Waals surface area contributed by atoms with E-state index in [9.17, 15) is 9.59 Å². The normalized spacial score (nSPS) is 34.4. The minimum Gasteiger partial charge on any atom is -0.481 e. The van der Waals surface area contributed by atoms with Crippen molar-refractivity contribution in [1.82, 2.24) is 5.32 Å². The van der Waals surface area contributed by atoms with E-state index in [0.717, 1.165) is 12.8 Å². The zero-order valence-electron chi connectivity index (χ0n) is 11.1. The van der Waals surface area contributed by atoms with E-state index in [0.29, 0.717) is 18.3 Å². The number of rotatable bonds is 2. The highest BCUT2D eigenvalue weighted by atomic mass is 16.6. The maximum absolute atomic E-state index is 11.6. The van der Waals surface area contributed by atoms with E-state index in [4.69, 9.17) is 9.84 Å². The fourth-order valence-electron chi connectivity index (χ4n) is 3.05. The summed E-state index contributed by atoms with van der Waals surface area (Å²) >= 11 is 0. The number of carboxylic acids is 1. The molecule has 102 valence electrons. The first-order valence-electron chi connectivity index (χ1n) is 6.48. The van der Waals surface area contributed by atoms with Crippen molar-refractivity contribution in [2.45, 2.75) is 51.7 Å². The number of ether oxygens (including phenoxy) is 1. The number of carbonyl (C=O) groups excluding carboxylic acids is 1. The summed E-state index contributed by atoms with van der Waals surface area (Å²) in [5, 5.41) is 11.8. The third kappa shape index (κ3) is 2.76. The number of alkyl carbamates (subject to hydrolysis) is 1. The van der Waals surface area contributed by atoms with Crippen LogP contribution in [0.15, 0.2) is 0 Å². The van der Waals surface area contributed by atoms with Crippen LogP contribution in [0.25, 0.3) is 0 Å². The van der Waals surface area contributed by atoms with Gasteiger partial charge in [-0.15, -0.1) is 0 Å². The second-order valence-electron chi connectivity index (χ2n) is 6.42. The van der Waals surface area contributed by atoms with Crippen LogP contribution in [0.4, 0.5) is 4.79 Å². The van der Waals surface area contributed by atoms with Crippen LogP contribution in [-0.4, -0.2) is 28.8 Å². The first-order valence-corrected chi connectivity index (χ1v) is 6.48. The van der Waals surface area contributed by atoms with Crippen LogP contribution in [0.3, 0.4) is 0 Å². The van der Waals surface area contributed by atoms with Gasteiger partial charge in [0.1, 0.15) is 5.60 Å². The number of carboxylic acid groups (broad SMARTS) is 1. The molecule has 0 aromatic carbocycles. The van der Waals surface area contributed by atoms with Crippen LogP contribution in [0.2, 0.25) is 0 Å². The first-order chi connectivity index (χ1) is 8.26. The Hall–Kier alpha value is -1.26. The maximum atomic E-state index is 11.6. The molecule has 2 fully saturated rings. The summed E-state index contributed by atoms with van der Waals surface area (Å²) < 4.78 is 5.20. The molecule has 5 heteroatoms. The summed E-state index contributed by atoms with van der Waals surface area (Å²) in [5.41, 5.74) is -0.494. The minimum atomic E-state index is -0.708. The lowest BCUT2D eigenvalue weighted by atomic mass is 9.71. The van der Waals surface area contributed by atoms with Crippen molar-refractivity contribution in [3.63, 3.8) is 0 Å². The molecule has 18 heavy (non-hydrogen) atoms. The van der Waals surface area contributed by atoms with Gasteiger partial charge in [0.15, 0.2) is 0 Å². The highest BCUT2D eigenvalue weighted by molar-refractivity contribution is 5.71. The van der Waals surface area contributed by atoms with E-state index in [-0.39, 0.29) is 12.0 Å². The van der Waals surface area contributed by atoms with E-state index in [1.807, 2.05) is 20.8 Å². The Morgan fingerprint density at radius 2 is 1.89 bits per heavy atom. The van der Waals surface area contributed by atoms with Crippen LogP contribution in [0.5, 0.6) is 0 Å². The van der Waals surface area contributed by atoms with Crippen molar-refractivity contribution in [2.24, 2.45) is 17.8 Å². The number of hydrogen-bond donors (Lipinski definition) is 2. The Kier molecular flexibility index (Phi) is 3.25. The summed E-state index contributed by atoms with van der Waals surface area (Å²) in [4.78, 5) is 22.5. The van der Waals surface area contributed by atoms with E-state index >= 15 is 0 Å². The molecule has 0 aliphatic heterocycles. The number of nitrogens with one attached hydrogen (secondary N) is 1. The van der Waals surface area contributed by atoms with E-state index in [2.05, 4.69) is 5.32 Å². The Labute approximate surface area is 107 Å². The van der Waals surface area contributed by atoms with Gasteiger partial charge in [0.05, 0.1) is 5.92 Å². The third-order valence-electron chi connectivity index (χ3n) is 3.87. The highest BCUT2D eigenvalue weighted by Gasteiger charge is 2.50. The zero-order chi connectivity index (χ0) is 13.5. The fraction of sp³-hybridized carbons (Fsp3) is 0.846. The van der Waals surface area contributed by atoms with Gasteiger partial charge in [-0.3, -0.25) is 4.79 Å². The molecular formula is C13H21NO4. The first kappa shape index (κ1) is 13.2. The third-order valence-corrected chi connectivity index (χ3v) is 3.87. The van der Waals surface area contributed by atoms with Gasteiger partial charge < -0.3 is 15.2 Å². The molecule has 0 aromatic rings. The average Bonchev–Trinajstić information content (AvgIpc) is 2.50. The van der Waals surface area contributed by atoms with Crippen LogP contribution in [-0.2, 0) is 9.53 Å². The molecule has 0 saturated heterocycles. The Morgan fingerprint density at radius 3 is 2.44 bits per heavy atom. The second kappa shape index (κ2) is 4.44. The van der Waals surface area contributed by atoms with Crippen molar-refractivity contribution >= 4 is 12.1 Å². The lowest BCUT2D eigenvalue weighted by molar-refractivity contribution is -0.141. The van der Waals surface area contributed by atoms with Crippen LogP contribution < -0.4 is 5.32 Å². The van der Waals surface area contributed by atoms with Crippen LogP contribution in [0.1, 0.15) is 40.0 Å². The van der Waals surface area contributed by atoms with Gasteiger partial charge in [-0.25, -0.2) is 4.79 Å². The molecule has 2 rings (SSSR count). The quantitative estimate of drug-likeness (QED) is 0.791. The van der Waals surface area contributed by atoms with Gasteiger partial charge in [0.2, 0.25) is 0 Å². The summed E-state index contributed by atoms with van der Waals surface area (Å²) in [6, 6.07) is 0.0919. The SMILES string of the molecule is CC(C)(C)OC(=O)N[C@H]1C[C@H]2CC(C(=O)O)C[C@H]21. The van der Waals surface area contributed by atoms with Gasteiger partial charge in [-0.1, -0.05) is 0 Å². The number of hydrogen-bond acceptors (Lipinski definition) is 3. The largest absolute Gasteiger partial charge is 0.481 e. The fourth-order valence-corrected chi connectivity index (χ4v) is 3.05. The summed E-state index contributed by atoms with van der Waals surface area (Å²) in [6.07, 6.45) is 1.92. The maximum Gasteiger partial charge on any atom is 0.407 e. The molecule has 0 bridgehead atoms. The molecule has 0 spiro atoms. The van der Waals surface area contributed by atoms with Gasteiger partial charge in [-0.05, 0) is 51.9 Å². The Balaban J connectivity index is 1.81. The minimum absolute atomic E-state index is 0.0919. The molecule has 4 atom stereocenters. The Bertz CT molecular complexity index is 360. The number of amides is 1. The monoisotopic (exact) mass is 255 g/mol. The molecule has 2 saturated carbocycles. The topological polar surface area (TPSA) is 75.6 Å². The lowest BCUT2D eigenvalue weighted by Crippen LogP contribution is -2.51. The van der Waals surface area contributed by atoms with Crippen LogP contribution in [0, 0.1) is 17.8 Å². The van der Waals surface area contributed by atoms with Gasteiger partial charge in [0, 0.05) is 6.04 Å². The van der Waals surface area contributed by atoms with E-state index < -0.39 is 17.7 Å². The predicted molar refractivity (Wildman–Crippen MR) is 65.1 cm³/mol. The standard InChI is InChI=1S/C13H21NO4/c1-13(2,3)18-12(17)14-10-6-7-4-8(11(15)16)5-9(7)10/h7-10H,4-6H2,1-3H3,(H,14,17)(H,15,16)/t7-,8?,9-,10+/m1/s1. The molecule has 0 aromatic heterocycles. The summed E-state index contributed by atoms with van der Waals surface area (Å²) in [6.45, 7) is 5.48. The van der Waals surface area contributed by atoms with Crippen LogP contribution >= 0.6 is 0 Å². The van der Waals surface area contributed by atoms with Crippen molar-refractivity contribution in [3.05, 3.63) is 0 Å². The van der Waals surface area contributed by atoms with Crippen molar-refractivity contribution in [1.29, 1.82) is 0 Å². The molecule has 1 unspecified atom stereocenters. The number of aliphatic carboxylic acids is 1. The van der Waals surface area contributed by atoms with Gasteiger partial charge >= 0.3 is 12.1 Å². The summed E-state index contributed by atoms with van der Waals surface area (Å²) in [5.74, 6) is -0.157. The molecule has 2 N–H and O–H groups in total. The highest BCUT2D eigenvalue weighted by Crippen LogP contribution is 2.49. The van der Waals surface area contributed by atoms with E-state index in [1.165, 1.54) is 0 Å². The zero-order valence-corrected chi connectivity index (χ0v) is 11.1. The molecule has 2 aliphatic rings. The number of fused-ring (bicyclic) bond motifs is 1.